The van der Waals surface area contributed by atoms with Crippen LogP contribution in [0.4, 0.5) is 5.88 Å². The van der Waals surface area contributed by atoms with Crippen LogP contribution in [0.5, 0.6) is 0 Å². The van der Waals surface area contributed by atoms with E-state index in [1.165, 1.54) is 0 Å². The molecular formula is C14H16N4OS. The van der Waals surface area contributed by atoms with Crippen LogP contribution in [-0.2, 0) is 0 Å². The molecule has 0 saturated carbocycles. The van der Waals surface area contributed by atoms with Gasteiger partial charge >= 0.3 is 0 Å². The first-order chi connectivity index (χ1) is 9.69. The number of nitrogens with zero attached hydrogens (tertiary/aromatic N) is 3. The molecule has 0 aliphatic rings. The predicted molar refractivity (Wildman–Crippen MR) is 81.5 cm³/mol. The second kappa shape index (κ2) is 6.89. The molecule has 0 amide bonds. The lowest BCUT2D eigenvalue weighted by atomic mass is 10.4. The normalized spacial score (nSPS) is 11.1. The van der Waals surface area contributed by atoms with E-state index in [0.29, 0.717) is 18.3 Å². The summed E-state index contributed by atoms with van der Waals surface area (Å²) in [6, 6.07) is 6.02. The second-order valence-electron chi connectivity index (χ2n) is 4.42. The van der Waals surface area contributed by atoms with E-state index in [1.807, 2.05) is 48.7 Å². The van der Waals surface area contributed by atoms with Gasteiger partial charge in [-0.25, -0.2) is 0 Å². The van der Waals surface area contributed by atoms with Crippen molar-refractivity contribution in [1.29, 1.82) is 5.26 Å². The highest BCUT2D eigenvalue weighted by Crippen LogP contribution is 2.19. The summed E-state index contributed by atoms with van der Waals surface area (Å²) in [6.07, 6.45) is 3.69. The predicted octanol–water partition coefficient (Wildman–Crippen LogP) is 2.75. The average Bonchev–Trinajstić information content (AvgIpc) is 3.04. The number of likely N-dealkylation sites (N-methyl/N-ethyl adjacent to an activating group) is 1. The fraction of sp³-hybridized carbons (Fsp3) is 0.286. The van der Waals surface area contributed by atoms with E-state index in [0.717, 1.165) is 11.4 Å². The van der Waals surface area contributed by atoms with E-state index in [2.05, 4.69) is 10.3 Å². The van der Waals surface area contributed by atoms with Crippen LogP contribution in [0, 0.1) is 11.3 Å². The summed E-state index contributed by atoms with van der Waals surface area (Å²) in [4.78, 5) is 7.30. The molecular weight excluding hydrogens is 272 g/mol. The number of aromatic nitrogens is 1. The monoisotopic (exact) mass is 288 g/mol. The number of oxazole rings is 1. The third-order valence-corrected chi connectivity index (χ3v) is 3.37. The Morgan fingerprint density at radius 2 is 2.35 bits per heavy atom. The number of nitrogens with one attached hydrogen (secondary N) is 1. The third-order valence-electron chi connectivity index (χ3n) is 2.53. The Morgan fingerprint density at radius 1 is 1.50 bits per heavy atom. The first kappa shape index (κ1) is 14.3. The van der Waals surface area contributed by atoms with Crippen molar-refractivity contribution in [2.24, 2.45) is 0 Å². The maximum atomic E-state index is 9.05. The molecule has 104 valence electrons. The Hall–Kier alpha value is -2.10. The number of rotatable bonds is 6. The molecule has 0 bridgehead atoms. The van der Waals surface area contributed by atoms with E-state index < -0.39 is 0 Å². The minimum atomic E-state index is 0.287. The van der Waals surface area contributed by atoms with Gasteiger partial charge in [0.05, 0.1) is 0 Å². The smallest absolute Gasteiger partial charge is 0.232 e. The molecule has 0 fully saturated rings. The van der Waals surface area contributed by atoms with Crippen molar-refractivity contribution in [3.8, 4) is 6.07 Å². The van der Waals surface area contributed by atoms with Gasteiger partial charge in [-0.15, -0.1) is 11.3 Å². The minimum absolute atomic E-state index is 0.287. The summed E-state index contributed by atoms with van der Waals surface area (Å²) >= 11 is 1.63. The van der Waals surface area contributed by atoms with Crippen LogP contribution in [0.3, 0.4) is 0 Å². The summed E-state index contributed by atoms with van der Waals surface area (Å²) in [5.41, 5.74) is 0.287. The van der Waals surface area contributed by atoms with Gasteiger partial charge in [-0.05, 0) is 31.6 Å². The van der Waals surface area contributed by atoms with Crippen molar-refractivity contribution in [2.45, 2.75) is 0 Å². The van der Waals surface area contributed by atoms with Gasteiger partial charge in [0.1, 0.15) is 6.07 Å². The number of nitriles is 1. The number of anilines is 1. The lowest BCUT2D eigenvalue weighted by molar-refractivity contribution is 0.422. The Balaban J connectivity index is 2.04. The molecule has 2 rings (SSSR count). The summed E-state index contributed by atoms with van der Waals surface area (Å²) < 4.78 is 5.54. The maximum absolute atomic E-state index is 9.05. The Bertz CT molecular complexity index is 608. The van der Waals surface area contributed by atoms with Crippen LogP contribution in [0.1, 0.15) is 16.5 Å². The van der Waals surface area contributed by atoms with Gasteiger partial charge in [0, 0.05) is 24.0 Å². The average molecular weight is 288 g/mol. The summed E-state index contributed by atoms with van der Waals surface area (Å²) in [5.74, 6) is 0.863. The van der Waals surface area contributed by atoms with Crippen molar-refractivity contribution >= 4 is 29.4 Å². The molecule has 1 N–H and O–H groups in total. The quantitative estimate of drug-likeness (QED) is 0.885. The molecule has 20 heavy (non-hydrogen) atoms. The van der Waals surface area contributed by atoms with E-state index in [9.17, 15) is 0 Å². The van der Waals surface area contributed by atoms with Gasteiger partial charge in [0.25, 0.3) is 0 Å². The van der Waals surface area contributed by atoms with Crippen molar-refractivity contribution < 1.29 is 4.42 Å². The van der Waals surface area contributed by atoms with E-state index in [4.69, 9.17) is 9.68 Å². The third kappa shape index (κ3) is 3.95. The van der Waals surface area contributed by atoms with Crippen molar-refractivity contribution in [3.05, 3.63) is 34.0 Å². The topological polar surface area (TPSA) is 65.1 Å². The Kier molecular flexibility index (Phi) is 4.93. The summed E-state index contributed by atoms with van der Waals surface area (Å²) in [7, 11) is 3.98. The molecule has 2 aromatic rings. The maximum Gasteiger partial charge on any atom is 0.232 e. The van der Waals surface area contributed by atoms with Crippen molar-refractivity contribution in [1.82, 2.24) is 9.88 Å². The zero-order chi connectivity index (χ0) is 14.4. The van der Waals surface area contributed by atoms with Gasteiger partial charge in [-0.2, -0.15) is 10.2 Å². The molecule has 0 aliphatic heterocycles. The molecule has 0 aromatic carbocycles. The van der Waals surface area contributed by atoms with Crippen LogP contribution >= 0.6 is 11.3 Å². The number of hydrogen-bond acceptors (Lipinski definition) is 6. The molecule has 6 heteroatoms. The highest BCUT2D eigenvalue weighted by atomic mass is 32.1. The molecule has 5 nitrogen and oxygen atoms in total. The van der Waals surface area contributed by atoms with E-state index >= 15 is 0 Å². The molecule has 0 unspecified atom stereocenters. The SMILES string of the molecule is CN(C)CCNc1oc(/C=C/c2cccs2)nc1C#N. The van der Waals surface area contributed by atoms with Gasteiger partial charge in [0.15, 0.2) is 0 Å². The number of hydrogen-bond donors (Lipinski definition) is 1. The summed E-state index contributed by atoms with van der Waals surface area (Å²) in [6.45, 7) is 1.55. The zero-order valence-corrected chi connectivity index (χ0v) is 12.3. The standard InChI is InChI=1S/C14H16N4OS/c1-18(2)8-7-16-14-12(10-15)17-13(19-14)6-5-11-4-3-9-20-11/h3-6,9,16H,7-8H2,1-2H3/b6-5+. The highest BCUT2D eigenvalue weighted by molar-refractivity contribution is 7.10. The molecule has 2 aromatic heterocycles. The van der Waals surface area contributed by atoms with E-state index in [1.54, 1.807) is 17.4 Å². The fourth-order valence-corrected chi connectivity index (χ4v) is 2.15. The van der Waals surface area contributed by atoms with Crippen LogP contribution in [0.25, 0.3) is 12.2 Å². The van der Waals surface area contributed by atoms with Crippen molar-refractivity contribution in [3.63, 3.8) is 0 Å². The van der Waals surface area contributed by atoms with Crippen LogP contribution in [0.15, 0.2) is 21.9 Å². The Labute approximate surface area is 122 Å². The molecule has 0 aliphatic carbocycles. The lowest BCUT2D eigenvalue weighted by Gasteiger charge is -2.09. The second-order valence-corrected chi connectivity index (χ2v) is 5.40. The van der Waals surface area contributed by atoms with Gasteiger partial charge in [-0.3, -0.25) is 0 Å². The Morgan fingerprint density at radius 3 is 3.00 bits per heavy atom. The van der Waals surface area contributed by atoms with Gasteiger partial charge < -0.3 is 14.6 Å². The molecule has 0 atom stereocenters. The van der Waals surface area contributed by atoms with Crippen molar-refractivity contribution in [2.75, 3.05) is 32.5 Å². The summed E-state index contributed by atoms with van der Waals surface area (Å²) in [5, 5.41) is 14.1. The first-order valence-electron chi connectivity index (χ1n) is 6.20. The van der Waals surface area contributed by atoms with Gasteiger partial charge in [0.2, 0.25) is 17.5 Å². The largest absolute Gasteiger partial charge is 0.420 e. The lowest BCUT2D eigenvalue weighted by Crippen LogP contribution is -2.20. The molecule has 2 heterocycles. The van der Waals surface area contributed by atoms with Crippen LogP contribution < -0.4 is 5.32 Å². The minimum Gasteiger partial charge on any atom is -0.420 e. The highest BCUT2D eigenvalue weighted by Gasteiger charge is 2.10. The zero-order valence-electron chi connectivity index (χ0n) is 11.5. The molecule has 0 spiro atoms. The fourth-order valence-electron chi connectivity index (χ4n) is 1.54. The molecule has 0 saturated heterocycles. The van der Waals surface area contributed by atoms with Gasteiger partial charge in [-0.1, -0.05) is 6.07 Å². The first-order valence-corrected chi connectivity index (χ1v) is 7.08. The molecule has 0 radical (unpaired) electrons. The number of thiophene rings is 1. The van der Waals surface area contributed by atoms with Crippen LogP contribution in [-0.4, -0.2) is 37.1 Å². The van der Waals surface area contributed by atoms with E-state index in [-0.39, 0.29) is 5.69 Å². The van der Waals surface area contributed by atoms with Crippen LogP contribution in [0.2, 0.25) is 0 Å².